The van der Waals surface area contributed by atoms with Gasteiger partial charge in [-0.2, -0.15) is 0 Å². The summed E-state index contributed by atoms with van der Waals surface area (Å²) in [6.07, 6.45) is 2.90. The minimum atomic E-state index is 0. The molecule has 0 aliphatic rings. The van der Waals surface area contributed by atoms with Crippen LogP contribution in [0.3, 0.4) is 0 Å². The molecule has 0 aliphatic heterocycles. The van der Waals surface area contributed by atoms with Gasteiger partial charge in [0.15, 0.2) is 5.96 Å². The fourth-order valence-electron chi connectivity index (χ4n) is 2.95. The number of hydrogen-bond donors (Lipinski definition) is 1. The molecule has 2 aromatic carbocycles. The van der Waals surface area contributed by atoms with Gasteiger partial charge in [0.05, 0.1) is 23.9 Å². The number of benzene rings is 2. The highest BCUT2D eigenvalue weighted by molar-refractivity contribution is 14.0. The number of imidazole rings is 1. The zero-order valence-electron chi connectivity index (χ0n) is 16.4. The number of para-hydroxylation sites is 3. The molecule has 1 N–H and O–H groups in total. The van der Waals surface area contributed by atoms with Crippen LogP contribution >= 0.6 is 24.0 Å². The molecule has 1 heterocycles. The van der Waals surface area contributed by atoms with E-state index in [-0.39, 0.29) is 24.0 Å². The van der Waals surface area contributed by atoms with Crippen LogP contribution in [0.1, 0.15) is 6.42 Å². The topological polar surface area (TPSA) is 54.7 Å². The largest absolute Gasteiger partial charge is 0.492 e. The van der Waals surface area contributed by atoms with Crippen LogP contribution in [0.25, 0.3) is 11.0 Å². The van der Waals surface area contributed by atoms with Gasteiger partial charge in [0.2, 0.25) is 0 Å². The maximum atomic E-state index is 5.75. The molecule has 0 atom stereocenters. The summed E-state index contributed by atoms with van der Waals surface area (Å²) in [4.78, 5) is 10.9. The van der Waals surface area contributed by atoms with Crippen molar-refractivity contribution in [3.8, 4) is 5.75 Å². The van der Waals surface area contributed by atoms with E-state index in [1.54, 1.807) is 7.05 Å². The Hall–Kier alpha value is -2.29. The monoisotopic (exact) mass is 493 g/mol. The van der Waals surface area contributed by atoms with Gasteiger partial charge in [-0.1, -0.05) is 30.3 Å². The quantitative estimate of drug-likeness (QED) is 0.226. The van der Waals surface area contributed by atoms with Crippen LogP contribution in [0, 0.1) is 0 Å². The molecule has 0 radical (unpaired) electrons. The van der Waals surface area contributed by atoms with Crippen molar-refractivity contribution < 1.29 is 4.74 Å². The number of aromatic nitrogens is 2. The van der Waals surface area contributed by atoms with E-state index in [1.165, 1.54) is 5.52 Å². The number of nitrogens with zero attached hydrogens (tertiary/aromatic N) is 4. The van der Waals surface area contributed by atoms with Crippen LogP contribution in [0.4, 0.5) is 0 Å². The summed E-state index contributed by atoms with van der Waals surface area (Å²) in [5, 5.41) is 3.41. The van der Waals surface area contributed by atoms with Gasteiger partial charge >= 0.3 is 0 Å². The number of rotatable bonds is 8. The van der Waals surface area contributed by atoms with E-state index in [4.69, 9.17) is 4.74 Å². The number of guanidine groups is 1. The van der Waals surface area contributed by atoms with Crippen molar-refractivity contribution in [3.63, 3.8) is 0 Å². The summed E-state index contributed by atoms with van der Waals surface area (Å²) >= 11 is 0. The third-order valence-electron chi connectivity index (χ3n) is 4.40. The summed E-state index contributed by atoms with van der Waals surface area (Å²) in [7, 11) is 3.83. The molecule has 3 aromatic rings. The number of halogens is 1. The Morgan fingerprint density at radius 3 is 2.68 bits per heavy atom. The lowest BCUT2D eigenvalue weighted by Gasteiger charge is -2.22. The van der Waals surface area contributed by atoms with Crippen molar-refractivity contribution >= 4 is 41.0 Å². The number of aliphatic imine (C=N–C) groups is 1. The van der Waals surface area contributed by atoms with Gasteiger partial charge in [-0.3, -0.25) is 4.99 Å². The molecule has 0 saturated heterocycles. The second-order valence-corrected chi connectivity index (χ2v) is 6.34. The zero-order chi connectivity index (χ0) is 18.9. The Bertz CT molecular complexity index is 865. The molecule has 0 bridgehead atoms. The van der Waals surface area contributed by atoms with E-state index >= 15 is 0 Å². The summed E-state index contributed by atoms with van der Waals surface area (Å²) in [5.41, 5.74) is 2.22. The molecular formula is C21H28IN5O. The predicted octanol–water partition coefficient (Wildman–Crippen LogP) is 3.63. The zero-order valence-corrected chi connectivity index (χ0v) is 18.7. The van der Waals surface area contributed by atoms with Gasteiger partial charge in [0, 0.05) is 27.2 Å². The van der Waals surface area contributed by atoms with Crippen molar-refractivity contribution in [1.82, 2.24) is 19.8 Å². The number of fused-ring (bicyclic) bond motifs is 1. The van der Waals surface area contributed by atoms with Gasteiger partial charge < -0.3 is 19.5 Å². The first kappa shape index (κ1) is 22.0. The van der Waals surface area contributed by atoms with E-state index in [9.17, 15) is 0 Å². The molecule has 0 fully saturated rings. The second kappa shape index (κ2) is 11.5. The molecule has 7 heteroatoms. The minimum absolute atomic E-state index is 0. The molecular weight excluding hydrogens is 465 g/mol. The van der Waals surface area contributed by atoms with Crippen molar-refractivity contribution in [2.24, 2.45) is 4.99 Å². The smallest absolute Gasteiger partial charge is 0.193 e. The Labute approximate surface area is 183 Å². The lowest BCUT2D eigenvalue weighted by molar-refractivity contribution is 0.281. The van der Waals surface area contributed by atoms with E-state index in [2.05, 4.69) is 30.8 Å². The number of nitrogens with one attached hydrogen (secondary N) is 1. The maximum absolute atomic E-state index is 5.75. The average Bonchev–Trinajstić information content (AvgIpc) is 3.12. The normalized spacial score (nSPS) is 11.1. The summed E-state index contributed by atoms with van der Waals surface area (Å²) in [5.74, 6) is 1.77. The Morgan fingerprint density at radius 1 is 1.14 bits per heavy atom. The summed E-state index contributed by atoms with van der Waals surface area (Å²) < 4.78 is 7.94. The van der Waals surface area contributed by atoms with Gasteiger partial charge in [-0.05, 0) is 30.7 Å². The van der Waals surface area contributed by atoms with Gasteiger partial charge in [0.1, 0.15) is 12.4 Å². The molecule has 0 spiro atoms. The van der Waals surface area contributed by atoms with Crippen molar-refractivity contribution in [1.29, 1.82) is 0 Å². The molecule has 0 aliphatic carbocycles. The third-order valence-corrected chi connectivity index (χ3v) is 4.40. The number of hydrogen-bond acceptors (Lipinski definition) is 3. The highest BCUT2D eigenvalue weighted by atomic mass is 127. The van der Waals surface area contributed by atoms with Crippen LogP contribution in [0.5, 0.6) is 5.75 Å². The molecule has 3 rings (SSSR count). The second-order valence-electron chi connectivity index (χ2n) is 6.34. The van der Waals surface area contributed by atoms with E-state index in [1.807, 2.05) is 61.9 Å². The SMILES string of the molecule is CN=C(NCCCn1cnc2ccccc21)N(C)CCOc1ccccc1.I. The average molecular weight is 493 g/mol. The van der Waals surface area contributed by atoms with Crippen molar-refractivity contribution in [3.05, 3.63) is 60.9 Å². The van der Waals surface area contributed by atoms with Crippen LogP contribution < -0.4 is 10.1 Å². The first-order valence-corrected chi connectivity index (χ1v) is 9.27. The first-order chi connectivity index (χ1) is 13.3. The standard InChI is InChI=1S/C21H27N5O.HI/c1-22-21(25(2)15-16-27-18-9-4-3-5-10-18)23-13-8-14-26-17-24-19-11-6-7-12-20(19)26;/h3-7,9-12,17H,8,13-16H2,1-2H3,(H,22,23);1H. The number of likely N-dealkylation sites (N-methyl/N-ethyl adjacent to an activating group) is 1. The van der Waals surface area contributed by atoms with Crippen LogP contribution in [-0.4, -0.2) is 54.2 Å². The molecule has 28 heavy (non-hydrogen) atoms. The Morgan fingerprint density at radius 2 is 1.89 bits per heavy atom. The molecule has 0 amide bonds. The Kier molecular flexibility index (Phi) is 9.06. The first-order valence-electron chi connectivity index (χ1n) is 9.27. The molecule has 6 nitrogen and oxygen atoms in total. The molecule has 0 unspecified atom stereocenters. The molecule has 1 aromatic heterocycles. The predicted molar refractivity (Wildman–Crippen MR) is 126 cm³/mol. The van der Waals surface area contributed by atoms with Crippen molar-refractivity contribution in [2.45, 2.75) is 13.0 Å². The lowest BCUT2D eigenvalue weighted by atomic mass is 10.3. The highest BCUT2D eigenvalue weighted by Crippen LogP contribution is 2.12. The van der Waals surface area contributed by atoms with Crippen LogP contribution in [0.15, 0.2) is 65.9 Å². The van der Waals surface area contributed by atoms with Gasteiger partial charge in [0.25, 0.3) is 0 Å². The Balaban J connectivity index is 0.00000280. The van der Waals surface area contributed by atoms with Gasteiger partial charge in [-0.25, -0.2) is 4.98 Å². The number of ether oxygens (including phenoxy) is 1. The van der Waals surface area contributed by atoms with E-state index in [0.29, 0.717) is 6.61 Å². The fourth-order valence-corrected chi connectivity index (χ4v) is 2.95. The fraction of sp³-hybridized carbons (Fsp3) is 0.333. The summed E-state index contributed by atoms with van der Waals surface area (Å²) in [6.45, 7) is 3.15. The maximum Gasteiger partial charge on any atom is 0.193 e. The van der Waals surface area contributed by atoms with Crippen LogP contribution in [-0.2, 0) is 6.54 Å². The van der Waals surface area contributed by atoms with E-state index in [0.717, 1.165) is 43.3 Å². The van der Waals surface area contributed by atoms with E-state index < -0.39 is 0 Å². The lowest BCUT2D eigenvalue weighted by Crippen LogP contribution is -2.41. The number of aryl methyl sites for hydroxylation is 1. The van der Waals surface area contributed by atoms with Gasteiger partial charge in [-0.15, -0.1) is 24.0 Å². The van der Waals surface area contributed by atoms with Crippen LogP contribution in [0.2, 0.25) is 0 Å². The molecule has 150 valence electrons. The third kappa shape index (κ3) is 6.12. The summed E-state index contributed by atoms with van der Waals surface area (Å²) in [6, 6.07) is 18.1. The molecule has 0 saturated carbocycles. The van der Waals surface area contributed by atoms with Crippen molar-refractivity contribution in [2.75, 3.05) is 33.8 Å². The highest BCUT2D eigenvalue weighted by Gasteiger charge is 2.06. The minimum Gasteiger partial charge on any atom is -0.492 e.